The van der Waals surface area contributed by atoms with Crippen molar-refractivity contribution in [3.63, 3.8) is 0 Å². The van der Waals surface area contributed by atoms with Crippen LogP contribution in [0.2, 0.25) is 0 Å². The van der Waals surface area contributed by atoms with Gasteiger partial charge in [-0.05, 0) is 42.7 Å². The van der Waals surface area contributed by atoms with Gasteiger partial charge in [0.05, 0.1) is 26.4 Å². The maximum Gasteiger partial charge on any atom is 0.355 e. The average molecular weight is 419 g/mol. The lowest BCUT2D eigenvalue weighted by Gasteiger charge is -2.23. The smallest absolute Gasteiger partial charge is 0.355 e. The van der Waals surface area contributed by atoms with Gasteiger partial charge in [0.1, 0.15) is 11.4 Å². The van der Waals surface area contributed by atoms with Crippen LogP contribution in [0.4, 0.5) is 5.69 Å². The van der Waals surface area contributed by atoms with Gasteiger partial charge < -0.3 is 19.1 Å². The molecule has 31 heavy (non-hydrogen) atoms. The fraction of sp³-hybridized carbons (Fsp3) is 0.200. The number of carbonyl (C=O) groups is 2. The van der Waals surface area contributed by atoms with Crippen molar-refractivity contribution in [2.45, 2.75) is 12.8 Å². The molecule has 0 spiro atoms. The van der Waals surface area contributed by atoms with Crippen molar-refractivity contribution in [1.82, 2.24) is 0 Å². The highest BCUT2D eigenvalue weighted by Crippen LogP contribution is 2.29. The van der Waals surface area contributed by atoms with Gasteiger partial charge in [0.2, 0.25) is 0 Å². The molecule has 0 aromatic heterocycles. The van der Waals surface area contributed by atoms with Gasteiger partial charge in [0.15, 0.2) is 0 Å². The molecule has 0 amide bonds. The SMILES string of the molecule is COC(=O)C1=C(C(=O)OC)N(c2cccc(OCCCc3ccccc3)c2)C=CC=C1. The first kappa shape index (κ1) is 21.9. The molecular weight excluding hydrogens is 394 g/mol. The van der Waals surface area contributed by atoms with Crippen molar-refractivity contribution in [2.75, 3.05) is 25.7 Å². The summed E-state index contributed by atoms with van der Waals surface area (Å²) in [6, 6.07) is 17.6. The number of ether oxygens (including phenoxy) is 3. The summed E-state index contributed by atoms with van der Waals surface area (Å²) in [7, 11) is 2.54. The van der Waals surface area contributed by atoms with Gasteiger partial charge in [-0.3, -0.25) is 0 Å². The number of hydrogen-bond donors (Lipinski definition) is 0. The Morgan fingerprint density at radius 2 is 1.68 bits per heavy atom. The highest BCUT2D eigenvalue weighted by atomic mass is 16.5. The molecule has 0 saturated carbocycles. The van der Waals surface area contributed by atoms with Crippen LogP contribution in [0.3, 0.4) is 0 Å². The zero-order valence-electron chi connectivity index (χ0n) is 17.6. The number of nitrogens with zero attached hydrogens (tertiary/aromatic N) is 1. The van der Waals surface area contributed by atoms with Gasteiger partial charge in [-0.2, -0.15) is 0 Å². The lowest BCUT2D eigenvalue weighted by molar-refractivity contribution is -0.139. The Hall–Kier alpha value is -3.80. The minimum absolute atomic E-state index is 0.0700. The Morgan fingerprint density at radius 1 is 0.903 bits per heavy atom. The standard InChI is InChI=1S/C25H25NO5/c1-29-24(27)22-15-6-7-16-26(23(22)25(28)30-2)20-13-8-14-21(18-20)31-17-9-12-19-10-4-3-5-11-19/h3-8,10-11,13-16,18H,9,12,17H2,1-2H3. The van der Waals surface area contributed by atoms with Gasteiger partial charge in [-0.15, -0.1) is 0 Å². The molecule has 1 aliphatic rings. The summed E-state index contributed by atoms with van der Waals surface area (Å²) < 4.78 is 15.7. The monoisotopic (exact) mass is 419 g/mol. The topological polar surface area (TPSA) is 65.1 Å². The summed E-state index contributed by atoms with van der Waals surface area (Å²) in [6.45, 7) is 0.558. The van der Waals surface area contributed by atoms with Crippen molar-refractivity contribution >= 4 is 17.6 Å². The molecule has 160 valence electrons. The number of carbonyl (C=O) groups excluding carboxylic acids is 2. The highest BCUT2D eigenvalue weighted by Gasteiger charge is 2.27. The molecule has 0 saturated heterocycles. The zero-order chi connectivity index (χ0) is 22.1. The lowest BCUT2D eigenvalue weighted by atomic mass is 10.1. The van der Waals surface area contributed by atoms with Gasteiger partial charge in [0, 0.05) is 18.0 Å². The first-order chi connectivity index (χ1) is 15.1. The van der Waals surface area contributed by atoms with E-state index < -0.39 is 11.9 Å². The number of allylic oxidation sites excluding steroid dienone is 2. The van der Waals surface area contributed by atoms with E-state index in [0.29, 0.717) is 18.0 Å². The zero-order valence-corrected chi connectivity index (χ0v) is 17.6. The Labute approximate surface area is 182 Å². The molecule has 1 heterocycles. The van der Waals surface area contributed by atoms with Gasteiger partial charge >= 0.3 is 11.9 Å². The van der Waals surface area contributed by atoms with Crippen LogP contribution in [0.1, 0.15) is 12.0 Å². The van der Waals surface area contributed by atoms with Crippen LogP contribution in [0.25, 0.3) is 0 Å². The van der Waals surface area contributed by atoms with Crippen molar-refractivity contribution in [2.24, 2.45) is 0 Å². The van der Waals surface area contributed by atoms with Crippen LogP contribution in [0, 0.1) is 0 Å². The normalized spacial score (nSPS) is 13.0. The highest BCUT2D eigenvalue weighted by molar-refractivity contribution is 6.05. The van der Waals surface area contributed by atoms with Crippen LogP contribution >= 0.6 is 0 Å². The van der Waals surface area contributed by atoms with Crippen molar-refractivity contribution < 1.29 is 23.8 Å². The number of esters is 2. The molecule has 0 unspecified atom stereocenters. The van der Waals surface area contributed by atoms with E-state index in [4.69, 9.17) is 14.2 Å². The fourth-order valence-electron chi connectivity index (χ4n) is 3.20. The van der Waals surface area contributed by atoms with Crippen LogP contribution in [0.5, 0.6) is 5.75 Å². The fourth-order valence-corrected chi connectivity index (χ4v) is 3.20. The summed E-state index contributed by atoms with van der Waals surface area (Å²) in [5.41, 5.74) is 2.10. The molecule has 2 aromatic rings. The maximum absolute atomic E-state index is 12.5. The second-order valence-corrected chi connectivity index (χ2v) is 6.75. The largest absolute Gasteiger partial charge is 0.494 e. The van der Waals surface area contributed by atoms with Crippen molar-refractivity contribution in [1.29, 1.82) is 0 Å². The first-order valence-corrected chi connectivity index (χ1v) is 9.96. The Balaban J connectivity index is 1.79. The number of rotatable bonds is 8. The molecule has 3 rings (SSSR count). The molecule has 2 aromatic carbocycles. The van der Waals surface area contributed by atoms with Crippen LogP contribution in [-0.4, -0.2) is 32.8 Å². The molecule has 6 heteroatoms. The van der Waals surface area contributed by atoms with Crippen LogP contribution < -0.4 is 9.64 Å². The summed E-state index contributed by atoms with van der Waals surface area (Å²) in [6.07, 6.45) is 8.41. The second kappa shape index (κ2) is 10.8. The van der Waals surface area contributed by atoms with Crippen LogP contribution in [-0.2, 0) is 25.5 Å². The summed E-state index contributed by atoms with van der Waals surface area (Å²) >= 11 is 0. The Morgan fingerprint density at radius 3 is 2.42 bits per heavy atom. The summed E-state index contributed by atoms with van der Waals surface area (Å²) in [5.74, 6) is -0.607. The van der Waals surface area contributed by atoms with E-state index in [0.717, 1.165) is 12.8 Å². The summed E-state index contributed by atoms with van der Waals surface area (Å²) in [4.78, 5) is 26.4. The van der Waals surface area contributed by atoms with E-state index in [-0.39, 0.29) is 11.3 Å². The number of anilines is 1. The maximum atomic E-state index is 12.5. The molecule has 1 aliphatic heterocycles. The van der Waals surface area contributed by atoms with Gasteiger partial charge in [0.25, 0.3) is 0 Å². The molecule has 0 bridgehead atoms. The molecule has 6 nitrogen and oxygen atoms in total. The second-order valence-electron chi connectivity index (χ2n) is 6.75. The quantitative estimate of drug-likeness (QED) is 0.472. The summed E-state index contributed by atoms with van der Waals surface area (Å²) in [5, 5.41) is 0. The third kappa shape index (κ3) is 5.63. The van der Waals surface area contributed by atoms with E-state index in [9.17, 15) is 9.59 Å². The number of methoxy groups -OCH3 is 2. The molecule has 0 aliphatic carbocycles. The molecule has 0 atom stereocenters. The molecule has 0 fully saturated rings. The molecular formula is C25H25NO5. The third-order valence-corrected chi connectivity index (χ3v) is 4.71. The van der Waals surface area contributed by atoms with Crippen molar-refractivity contribution in [3.8, 4) is 5.75 Å². The third-order valence-electron chi connectivity index (χ3n) is 4.71. The van der Waals surface area contributed by atoms with Gasteiger partial charge in [-0.25, -0.2) is 9.59 Å². The predicted octanol–water partition coefficient (Wildman–Crippen LogP) is 4.19. The van der Waals surface area contributed by atoms with Crippen molar-refractivity contribution in [3.05, 3.63) is 95.9 Å². The molecule has 0 N–H and O–H groups in total. The predicted molar refractivity (Wildman–Crippen MR) is 119 cm³/mol. The van der Waals surface area contributed by atoms with Crippen LogP contribution in [0.15, 0.2) is 90.3 Å². The van der Waals surface area contributed by atoms with E-state index in [1.54, 1.807) is 23.3 Å². The van der Waals surface area contributed by atoms with E-state index in [1.807, 2.05) is 42.5 Å². The van der Waals surface area contributed by atoms with E-state index >= 15 is 0 Å². The number of benzene rings is 2. The number of aryl methyl sites for hydroxylation is 1. The average Bonchev–Trinajstić information content (AvgIpc) is 3.05. The minimum atomic E-state index is -0.647. The Bertz CT molecular complexity index is 1010. The number of hydrogen-bond acceptors (Lipinski definition) is 6. The van der Waals surface area contributed by atoms with E-state index in [2.05, 4.69) is 12.1 Å². The lowest BCUT2D eigenvalue weighted by Crippen LogP contribution is -2.26. The first-order valence-electron chi connectivity index (χ1n) is 9.96. The Kier molecular flexibility index (Phi) is 7.65. The molecule has 0 radical (unpaired) electrons. The van der Waals surface area contributed by atoms with E-state index in [1.165, 1.54) is 25.9 Å². The van der Waals surface area contributed by atoms with Gasteiger partial charge in [-0.1, -0.05) is 42.5 Å². The minimum Gasteiger partial charge on any atom is -0.494 e.